The molecule has 0 aliphatic carbocycles. The van der Waals surface area contributed by atoms with Crippen molar-refractivity contribution in [2.24, 2.45) is 0 Å². The summed E-state index contributed by atoms with van der Waals surface area (Å²) in [6.07, 6.45) is 2.00. The molecule has 0 saturated heterocycles. The second-order valence-electron chi connectivity index (χ2n) is 6.29. The first-order valence-electron chi connectivity index (χ1n) is 8.23. The van der Waals surface area contributed by atoms with E-state index in [1.807, 2.05) is 49.2 Å². The third-order valence-electron chi connectivity index (χ3n) is 3.91. The van der Waals surface area contributed by atoms with E-state index < -0.39 is 0 Å². The van der Waals surface area contributed by atoms with Gasteiger partial charge >= 0.3 is 0 Å². The van der Waals surface area contributed by atoms with E-state index in [0.29, 0.717) is 17.5 Å². The van der Waals surface area contributed by atoms with Crippen LogP contribution in [0, 0.1) is 6.92 Å². The lowest BCUT2D eigenvalue weighted by atomic mass is 10.1. The van der Waals surface area contributed by atoms with Gasteiger partial charge in [-0.05, 0) is 50.8 Å². The van der Waals surface area contributed by atoms with Gasteiger partial charge in [0.1, 0.15) is 6.61 Å². The molecule has 0 fully saturated rings. The van der Waals surface area contributed by atoms with E-state index in [-0.39, 0.29) is 0 Å². The molecule has 0 unspecified atom stereocenters. The molecule has 130 valence electrons. The van der Waals surface area contributed by atoms with Crippen LogP contribution >= 0.6 is 11.6 Å². The number of benzene rings is 2. The normalized spacial score (nSPS) is 11.1. The molecule has 25 heavy (non-hydrogen) atoms. The number of nitrogens with zero attached hydrogens (tertiary/aromatic N) is 3. The number of rotatable bonds is 6. The standard InChI is InChI=1S/C20H22ClN3O/c1-15-4-6-16(7-5-15)19-14-24(18-10-8-17(21)9-11-18)22-20(19)25-13-12-23(2)3/h4-11,14H,12-13H2,1-3H3. The molecule has 0 bridgehead atoms. The minimum atomic E-state index is 0.587. The van der Waals surface area contributed by atoms with Crippen molar-refractivity contribution < 1.29 is 4.74 Å². The van der Waals surface area contributed by atoms with Gasteiger partial charge in [-0.25, -0.2) is 4.68 Å². The van der Waals surface area contributed by atoms with Gasteiger partial charge in [-0.3, -0.25) is 0 Å². The SMILES string of the molecule is Cc1ccc(-c2cn(-c3ccc(Cl)cc3)nc2OCCN(C)C)cc1. The Morgan fingerprint density at radius 1 is 1.04 bits per heavy atom. The molecule has 0 spiro atoms. The molecule has 2 aromatic carbocycles. The molecular weight excluding hydrogens is 334 g/mol. The van der Waals surface area contributed by atoms with Crippen LogP contribution < -0.4 is 4.74 Å². The van der Waals surface area contributed by atoms with Crippen molar-refractivity contribution in [3.05, 3.63) is 65.3 Å². The van der Waals surface area contributed by atoms with Crippen LogP contribution in [0.1, 0.15) is 5.56 Å². The van der Waals surface area contributed by atoms with Gasteiger partial charge in [0.25, 0.3) is 0 Å². The van der Waals surface area contributed by atoms with Gasteiger partial charge in [0.2, 0.25) is 5.88 Å². The second-order valence-corrected chi connectivity index (χ2v) is 6.72. The Hall–Kier alpha value is -2.30. The average Bonchev–Trinajstić information content (AvgIpc) is 3.00. The third-order valence-corrected chi connectivity index (χ3v) is 4.16. The second kappa shape index (κ2) is 7.72. The van der Waals surface area contributed by atoms with Crippen LogP contribution in [0.5, 0.6) is 5.88 Å². The molecule has 4 nitrogen and oxygen atoms in total. The molecule has 3 rings (SSSR count). The first kappa shape index (κ1) is 17.5. The molecule has 0 amide bonds. The Labute approximate surface area is 153 Å². The number of halogens is 1. The summed E-state index contributed by atoms with van der Waals surface area (Å²) in [6.45, 7) is 3.50. The largest absolute Gasteiger partial charge is 0.475 e. The summed E-state index contributed by atoms with van der Waals surface area (Å²) >= 11 is 5.99. The minimum Gasteiger partial charge on any atom is -0.475 e. The lowest BCUT2D eigenvalue weighted by molar-refractivity contribution is 0.253. The Kier molecular flexibility index (Phi) is 5.41. The number of aryl methyl sites for hydroxylation is 1. The summed E-state index contributed by atoms with van der Waals surface area (Å²) in [7, 11) is 4.05. The maximum absolute atomic E-state index is 5.99. The van der Waals surface area contributed by atoms with Crippen molar-refractivity contribution in [3.8, 4) is 22.7 Å². The van der Waals surface area contributed by atoms with Gasteiger partial charge in [0.05, 0.1) is 11.3 Å². The molecule has 0 N–H and O–H groups in total. The molecule has 1 aromatic heterocycles. The Bertz CT molecular complexity index is 823. The lowest BCUT2D eigenvalue weighted by Crippen LogP contribution is -2.19. The highest BCUT2D eigenvalue weighted by molar-refractivity contribution is 6.30. The maximum Gasteiger partial charge on any atom is 0.241 e. The van der Waals surface area contributed by atoms with E-state index in [2.05, 4.69) is 41.2 Å². The quantitative estimate of drug-likeness (QED) is 0.654. The summed E-state index contributed by atoms with van der Waals surface area (Å²) in [4.78, 5) is 2.09. The fourth-order valence-corrected chi connectivity index (χ4v) is 2.57. The lowest BCUT2D eigenvalue weighted by Gasteiger charge is -2.10. The van der Waals surface area contributed by atoms with Gasteiger partial charge in [0.15, 0.2) is 0 Å². The predicted octanol–water partition coefficient (Wildman–Crippen LogP) is 4.44. The number of hydrogen-bond donors (Lipinski definition) is 0. The van der Waals surface area contributed by atoms with Crippen LogP contribution in [0.3, 0.4) is 0 Å². The van der Waals surface area contributed by atoms with Crippen molar-refractivity contribution in [1.29, 1.82) is 0 Å². The number of ether oxygens (including phenoxy) is 1. The summed E-state index contributed by atoms with van der Waals surface area (Å²) in [6, 6.07) is 16.0. The van der Waals surface area contributed by atoms with Crippen LogP contribution in [-0.2, 0) is 0 Å². The van der Waals surface area contributed by atoms with E-state index in [1.54, 1.807) is 0 Å². The van der Waals surface area contributed by atoms with Gasteiger partial charge in [-0.15, -0.1) is 5.10 Å². The van der Waals surface area contributed by atoms with Crippen LogP contribution in [0.4, 0.5) is 0 Å². The zero-order chi connectivity index (χ0) is 17.8. The van der Waals surface area contributed by atoms with E-state index in [4.69, 9.17) is 16.3 Å². The average molecular weight is 356 g/mol. The van der Waals surface area contributed by atoms with Crippen molar-refractivity contribution in [2.45, 2.75) is 6.92 Å². The summed E-state index contributed by atoms with van der Waals surface area (Å²) in [5, 5.41) is 5.34. The number of likely N-dealkylation sites (N-methyl/N-ethyl adjacent to an activating group) is 1. The molecule has 1 heterocycles. The van der Waals surface area contributed by atoms with Crippen LogP contribution in [0.2, 0.25) is 5.02 Å². The molecule has 5 heteroatoms. The topological polar surface area (TPSA) is 30.3 Å². The van der Waals surface area contributed by atoms with Crippen molar-refractivity contribution in [2.75, 3.05) is 27.2 Å². The molecule has 0 saturated carbocycles. The molecule has 0 aliphatic rings. The van der Waals surface area contributed by atoms with E-state index in [9.17, 15) is 0 Å². The third kappa shape index (κ3) is 4.41. The van der Waals surface area contributed by atoms with Gasteiger partial charge in [0, 0.05) is 17.8 Å². The van der Waals surface area contributed by atoms with Crippen LogP contribution in [0.25, 0.3) is 16.8 Å². The van der Waals surface area contributed by atoms with Crippen LogP contribution in [-0.4, -0.2) is 41.9 Å². The molecule has 0 atom stereocenters. The van der Waals surface area contributed by atoms with Crippen molar-refractivity contribution >= 4 is 11.6 Å². The predicted molar refractivity (Wildman–Crippen MR) is 103 cm³/mol. The van der Waals surface area contributed by atoms with E-state index in [1.165, 1.54) is 5.56 Å². The number of aromatic nitrogens is 2. The zero-order valence-electron chi connectivity index (χ0n) is 14.7. The molecule has 3 aromatic rings. The first-order chi connectivity index (χ1) is 12.0. The van der Waals surface area contributed by atoms with Crippen molar-refractivity contribution in [1.82, 2.24) is 14.7 Å². The molecular formula is C20H22ClN3O. The Balaban J connectivity index is 1.95. The summed E-state index contributed by atoms with van der Waals surface area (Å²) in [5.41, 5.74) is 4.24. The Morgan fingerprint density at radius 3 is 2.36 bits per heavy atom. The fraction of sp³-hybridized carbons (Fsp3) is 0.250. The highest BCUT2D eigenvalue weighted by atomic mass is 35.5. The van der Waals surface area contributed by atoms with Gasteiger partial charge < -0.3 is 9.64 Å². The highest BCUT2D eigenvalue weighted by Gasteiger charge is 2.14. The Morgan fingerprint density at radius 2 is 1.72 bits per heavy atom. The number of hydrogen-bond acceptors (Lipinski definition) is 3. The van der Waals surface area contributed by atoms with Crippen LogP contribution in [0.15, 0.2) is 54.7 Å². The first-order valence-corrected chi connectivity index (χ1v) is 8.61. The minimum absolute atomic E-state index is 0.587. The summed E-state index contributed by atoms with van der Waals surface area (Å²) in [5.74, 6) is 0.639. The highest BCUT2D eigenvalue weighted by Crippen LogP contribution is 2.30. The fourth-order valence-electron chi connectivity index (χ4n) is 2.45. The van der Waals surface area contributed by atoms with Crippen molar-refractivity contribution in [3.63, 3.8) is 0 Å². The van der Waals surface area contributed by atoms with Gasteiger partial charge in [-0.2, -0.15) is 0 Å². The van der Waals surface area contributed by atoms with Gasteiger partial charge in [-0.1, -0.05) is 41.4 Å². The summed E-state index contributed by atoms with van der Waals surface area (Å²) < 4.78 is 7.79. The van der Waals surface area contributed by atoms with E-state index in [0.717, 1.165) is 23.4 Å². The monoisotopic (exact) mass is 355 g/mol. The van der Waals surface area contributed by atoms with E-state index >= 15 is 0 Å². The smallest absolute Gasteiger partial charge is 0.241 e. The zero-order valence-corrected chi connectivity index (χ0v) is 15.5. The maximum atomic E-state index is 5.99. The molecule has 0 radical (unpaired) electrons. The molecule has 0 aliphatic heterocycles.